The van der Waals surface area contributed by atoms with Crippen LogP contribution in [-0.4, -0.2) is 28.9 Å². The van der Waals surface area contributed by atoms with Gasteiger partial charge in [0.1, 0.15) is 0 Å². The Morgan fingerprint density at radius 2 is 1.27 bits per heavy atom. The molecule has 0 heterocycles. The molecule has 0 aromatic rings. The highest BCUT2D eigenvalue weighted by molar-refractivity contribution is 6.08. The van der Waals surface area contributed by atoms with E-state index in [0.717, 1.165) is 38.7 Å². The molecule has 0 N–H and O–H groups in total. The van der Waals surface area contributed by atoms with E-state index in [2.05, 4.69) is 13.8 Å². The molecule has 0 saturated heterocycles. The highest BCUT2D eigenvalue weighted by Gasteiger charge is 1.86. The first-order chi connectivity index (χ1) is 7.33. The number of unbranched alkanes of at least 4 members (excludes halogenated alkanes) is 3. The Morgan fingerprint density at radius 1 is 0.733 bits per heavy atom. The van der Waals surface area contributed by atoms with Gasteiger partial charge in [0.15, 0.2) is 0 Å². The Kier molecular flexibility index (Phi) is 22.9. The molecule has 0 saturated carbocycles. The summed E-state index contributed by atoms with van der Waals surface area (Å²) in [6, 6.07) is 0. The molecule has 4 radical (unpaired) electrons. The quantitative estimate of drug-likeness (QED) is 0.415. The highest BCUT2D eigenvalue weighted by atomic mass is 16.5. The summed E-state index contributed by atoms with van der Waals surface area (Å²) in [5.41, 5.74) is 0. The van der Waals surface area contributed by atoms with Gasteiger partial charge in [-0.05, 0) is 12.8 Å². The Hall–Kier alpha value is 0.0899. The van der Waals surface area contributed by atoms with E-state index in [9.17, 15) is 0 Å². The van der Waals surface area contributed by atoms with Crippen molar-refractivity contribution in [2.45, 2.75) is 65.0 Å². The molecule has 0 amide bonds. The van der Waals surface area contributed by atoms with Gasteiger partial charge in [-0.15, -0.1) is 0 Å². The molecule has 1 nitrogen and oxygen atoms in total. The molecule has 0 bridgehead atoms. The van der Waals surface area contributed by atoms with Crippen molar-refractivity contribution in [2.75, 3.05) is 13.2 Å². The van der Waals surface area contributed by atoms with Crippen molar-refractivity contribution in [3.63, 3.8) is 0 Å². The summed E-state index contributed by atoms with van der Waals surface area (Å²) in [6.07, 6.45) is 8.62. The first-order valence-electron chi connectivity index (χ1n) is 6.31. The van der Waals surface area contributed by atoms with Crippen LogP contribution in [0.15, 0.2) is 0 Å². The van der Waals surface area contributed by atoms with Crippen LogP contribution in [0, 0.1) is 0 Å². The molecule has 86 valence electrons. The maximum Gasteiger partial charge on any atom is 0.0653 e. The molecule has 0 atom stereocenters. The van der Waals surface area contributed by atoms with Crippen LogP contribution in [0.3, 0.4) is 0 Å². The van der Waals surface area contributed by atoms with E-state index in [1.165, 1.54) is 25.7 Å². The van der Waals surface area contributed by atoms with Crippen molar-refractivity contribution in [3.8, 4) is 0 Å². The summed E-state index contributed by atoms with van der Waals surface area (Å²) in [6.45, 7) is 6.11. The molecule has 0 aliphatic rings. The maximum atomic E-state index is 5.32. The highest BCUT2D eigenvalue weighted by Crippen LogP contribution is 1.94. The van der Waals surface area contributed by atoms with Gasteiger partial charge < -0.3 is 4.74 Å². The largest absolute Gasteiger partial charge is 0.381 e. The molecule has 0 spiro atoms. The van der Waals surface area contributed by atoms with Crippen LogP contribution in [0.4, 0.5) is 0 Å². The minimum Gasteiger partial charge on any atom is -0.381 e. The molecule has 0 aliphatic carbocycles. The SMILES string of the molecule is [B]CCCC.[B]CCCCOCCCC. The Morgan fingerprint density at radius 3 is 1.67 bits per heavy atom. The van der Waals surface area contributed by atoms with Crippen LogP contribution < -0.4 is 0 Å². The van der Waals surface area contributed by atoms with Gasteiger partial charge >= 0.3 is 0 Å². The van der Waals surface area contributed by atoms with Crippen molar-refractivity contribution < 1.29 is 4.74 Å². The Balaban J connectivity index is 0. The van der Waals surface area contributed by atoms with E-state index >= 15 is 0 Å². The van der Waals surface area contributed by atoms with Crippen molar-refractivity contribution in [1.29, 1.82) is 0 Å². The van der Waals surface area contributed by atoms with Crippen LogP contribution in [0.2, 0.25) is 12.6 Å². The minimum absolute atomic E-state index is 0.789. The van der Waals surface area contributed by atoms with Gasteiger partial charge in [-0.25, -0.2) is 0 Å². The van der Waals surface area contributed by atoms with Gasteiger partial charge in [-0.2, -0.15) is 0 Å². The van der Waals surface area contributed by atoms with E-state index in [-0.39, 0.29) is 0 Å². The van der Waals surface area contributed by atoms with Crippen LogP contribution in [0.25, 0.3) is 0 Å². The third kappa shape index (κ3) is 24.9. The van der Waals surface area contributed by atoms with E-state index in [0.29, 0.717) is 0 Å². The number of rotatable bonds is 9. The fourth-order valence-corrected chi connectivity index (χ4v) is 0.901. The molecule has 0 aromatic carbocycles. The number of hydrogen-bond acceptors (Lipinski definition) is 1. The Bertz CT molecular complexity index is 79.7. The Labute approximate surface area is 99.2 Å². The number of ether oxygens (including phenoxy) is 1. The second kappa shape index (κ2) is 19.6. The van der Waals surface area contributed by atoms with Gasteiger partial charge in [0.25, 0.3) is 0 Å². The average molecular weight is 208 g/mol. The summed E-state index contributed by atoms with van der Waals surface area (Å²) < 4.78 is 5.32. The summed E-state index contributed by atoms with van der Waals surface area (Å²) in [7, 11) is 10.5. The standard InChI is InChI=1S/C8H17BO.C4H9B/c1-2-3-7-10-8-5-4-6-9;1-2-3-4-5/h2-8H2,1H3;2-4H2,1H3. The predicted octanol–water partition coefficient (Wildman–Crippen LogP) is 3.54. The zero-order valence-corrected chi connectivity index (χ0v) is 10.6. The molecular formula is C12H26B2O. The van der Waals surface area contributed by atoms with Crippen molar-refractivity contribution in [3.05, 3.63) is 0 Å². The minimum atomic E-state index is 0.789. The maximum absolute atomic E-state index is 5.32. The predicted molar refractivity (Wildman–Crippen MR) is 71.0 cm³/mol. The lowest BCUT2D eigenvalue weighted by Gasteiger charge is -2.00. The lowest BCUT2D eigenvalue weighted by molar-refractivity contribution is 0.128. The van der Waals surface area contributed by atoms with Gasteiger partial charge in [0.05, 0.1) is 15.7 Å². The van der Waals surface area contributed by atoms with E-state index in [4.69, 9.17) is 20.4 Å². The lowest BCUT2D eigenvalue weighted by atomic mass is 10.0. The van der Waals surface area contributed by atoms with Crippen LogP contribution >= 0.6 is 0 Å². The zero-order valence-electron chi connectivity index (χ0n) is 10.6. The third-order valence-corrected chi connectivity index (χ3v) is 1.94. The first kappa shape index (κ1) is 17.5. The van der Waals surface area contributed by atoms with Gasteiger partial charge in [-0.3, -0.25) is 0 Å². The van der Waals surface area contributed by atoms with E-state index in [1.807, 2.05) is 0 Å². The molecule has 0 aliphatic heterocycles. The van der Waals surface area contributed by atoms with Crippen LogP contribution in [0.1, 0.15) is 52.4 Å². The lowest BCUT2D eigenvalue weighted by Crippen LogP contribution is -1.95. The zero-order chi connectivity index (χ0) is 11.8. The average Bonchev–Trinajstić information content (AvgIpc) is 2.25. The molecule has 0 unspecified atom stereocenters. The summed E-state index contributed by atoms with van der Waals surface area (Å²) in [5, 5.41) is 0. The van der Waals surface area contributed by atoms with Crippen molar-refractivity contribution in [2.24, 2.45) is 0 Å². The molecule has 0 rings (SSSR count). The molecular weight excluding hydrogens is 182 g/mol. The van der Waals surface area contributed by atoms with Crippen LogP contribution in [0.5, 0.6) is 0 Å². The topological polar surface area (TPSA) is 9.23 Å². The second-order valence-electron chi connectivity index (χ2n) is 3.60. The fourth-order valence-electron chi connectivity index (χ4n) is 0.901. The molecule has 3 heteroatoms. The van der Waals surface area contributed by atoms with Gasteiger partial charge in [-0.1, -0.05) is 52.2 Å². The molecule has 15 heavy (non-hydrogen) atoms. The molecule has 0 fully saturated rings. The summed E-state index contributed by atoms with van der Waals surface area (Å²) in [5.74, 6) is 0. The first-order valence-corrected chi connectivity index (χ1v) is 6.31. The van der Waals surface area contributed by atoms with Gasteiger partial charge in [0, 0.05) is 13.2 Å². The normalized spacial score (nSPS) is 9.47. The molecule has 0 aromatic heterocycles. The van der Waals surface area contributed by atoms with E-state index < -0.39 is 0 Å². The third-order valence-electron chi connectivity index (χ3n) is 1.94. The van der Waals surface area contributed by atoms with Crippen molar-refractivity contribution >= 4 is 15.7 Å². The monoisotopic (exact) mass is 208 g/mol. The number of hydrogen-bond donors (Lipinski definition) is 0. The van der Waals surface area contributed by atoms with Crippen molar-refractivity contribution in [1.82, 2.24) is 0 Å². The summed E-state index contributed by atoms with van der Waals surface area (Å²) >= 11 is 0. The van der Waals surface area contributed by atoms with E-state index in [1.54, 1.807) is 0 Å². The van der Waals surface area contributed by atoms with Crippen LogP contribution in [-0.2, 0) is 4.74 Å². The summed E-state index contributed by atoms with van der Waals surface area (Å²) in [4.78, 5) is 0. The fraction of sp³-hybridized carbons (Fsp3) is 1.00. The smallest absolute Gasteiger partial charge is 0.0653 e. The second-order valence-corrected chi connectivity index (χ2v) is 3.60. The van der Waals surface area contributed by atoms with Gasteiger partial charge in [0.2, 0.25) is 0 Å².